The van der Waals surface area contributed by atoms with Gasteiger partial charge in [0.05, 0.1) is 11.3 Å². The molecular weight excluding hydrogens is 419 g/mol. The van der Waals surface area contributed by atoms with Crippen molar-refractivity contribution >= 4 is 29.1 Å². The quantitative estimate of drug-likeness (QED) is 0.362. The van der Waals surface area contributed by atoms with Crippen molar-refractivity contribution in [3.05, 3.63) is 106 Å². The first kappa shape index (κ1) is 20.8. The molecule has 1 aliphatic rings. The molecule has 7 heteroatoms. The van der Waals surface area contributed by atoms with Crippen LogP contribution in [0.2, 0.25) is 5.02 Å². The molecule has 0 bridgehead atoms. The van der Waals surface area contributed by atoms with Gasteiger partial charge >= 0.3 is 0 Å². The average molecular weight is 437 g/mol. The Labute approximate surface area is 183 Å². The summed E-state index contributed by atoms with van der Waals surface area (Å²) in [6.45, 7) is 0.198. The van der Waals surface area contributed by atoms with Gasteiger partial charge in [0.25, 0.3) is 11.7 Å². The summed E-state index contributed by atoms with van der Waals surface area (Å²) in [5.41, 5.74) is 1.58. The molecular formula is C24H18ClFN2O3. The zero-order valence-electron chi connectivity index (χ0n) is 16.3. The number of aromatic nitrogens is 1. The number of pyridine rings is 1. The van der Waals surface area contributed by atoms with Gasteiger partial charge in [-0.05, 0) is 48.4 Å². The first-order chi connectivity index (χ1) is 15.0. The predicted molar refractivity (Wildman–Crippen MR) is 115 cm³/mol. The van der Waals surface area contributed by atoms with E-state index in [1.165, 1.54) is 23.1 Å². The van der Waals surface area contributed by atoms with Crippen molar-refractivity contribution in [1.29, 1.82) is 0 Å². The Morgan fingerprint density at radius 2 is 1.84 bits per heavy atom. The highest BCUT2D eigenvalue weighted by Crippen LogP contribution is 2.38. The van der Waals surface area contributed by atoms with E-state index in [9.17, 15) is 19.1 Å². The second-order valence-electron chi connectivity index (χ2n) is 7.13. The summed E-state index contributed by atoms with van der Waals surface area (Å²) in [7, 11) is 0. The lowest BCUT2D eigenvalue weighted by Crippen LogP contribution is -2.32. The molecule has 1 saturated heterocycles. The lowest BCUT2D eigenvalue weighted by molar-refractivity contribution is -0.139. The maximum Gasteiger partial charge on any atom is 0.295 e. The molecule has 4 rings (SSSR count). The summed E-state index contributed by atoms with van der Waals surface area (Å²) < 4.78 is 13.2. The number of aliphatic hydroxyl groups is 1. The third-order valence-corrected chi connectivity index (χ3v) is 5.40. The number of rotatable bonds is 5. The number of hydrogen-bond acceptors (Lipinski definition) is 4. The molecule has 5 nitrogen and oxygen atoms in total. The highest BCUT2D eigenvalue weighted by molar-refractivity contribution is 6.46. The number of Topliss-reactive ketones (excluding diaryl/α,β-unsaturated/α-hetero) is 1. The van der Waals surface area contributed by atoms with Gasteiger partial charge in [-0.2, -0.15) is 0 Å². The number of hydrogen-bond donors (Lipinski definition) is 1. The van der Waals surface area contributed by atoms with E-state index in [-0.39, 0.29) is 23.7 Å². The topological polar surface area (TPSA) is 70.5 Å². The Kier molecular flexibility index (Phi) is 5.82. The number of benzene rings is 2. The lowest BCUT2D eigenvalue weighted by Gasteiger charge is -2.24. The molecule has 1 amide bonds. The van der Waals surface area contributed by atoms with Crippen LogP contribution in [0.1, 0.15) is 22.9 Å². The van der Waals surface area contributed by atoms with E-state index in [1.807, 2.05) is 0 Å². The van der Waals surface area contributed by atoms with Crippen molar-refractivity contribution in [2.75, 3.05) is 6.54 Å². The second-order valence-corrected chi connectivity index (χ2v) is 7.57. The molecule has 1 N–H and O–H groups in total. The van der Waals surface area contributed by atoms with Gasteiger partial charge in [0.2, 0.25) is 0 Å². The monoisotopic (exact) mass is 436 g/mol. The van der Waals surface area contributed by atoms with Gasteiger partial charge in [-0.3, -0.25) is 14.6 Å². The molecule has 1 atom stereocenters. The number of amides is 1. The molecule has 2 aromatic carbocycles. The van der Waals surface area contributed by atoms with E-state index in [2.05, 4.69) is 4.98 Å². The first-order valence-corrected chi connectivity index (χ1v) is 10.0. The van der Waals surface area contributed by atoms with Crippen LogP contribution in [0.3, 0.4) is 0 Å². The van der Waals surface area contributed by atoms with Crippen molar-refractivity contribution in [1.82, 2.24) is 9.88 Å². The fourth-order valence-corrected chi connectivity index (χ4v) is 3.84. The molecule has 0 saturated carbocycles. The van der Waals surface area contributed by atoms with E-state index >= 15 is 0 Å². The first-order valence-electron chi connectivity index (χ1n) is 9.65. The van der Waals surface area contributed by atoms with Gasteiger partial charge in [-0.25, -0.2) is 4.39 Å². The molecule has 31 heavy (non-hydrogen) atoms. The minimum Gasteiger partial charge on any atom is -0.507 e. The summed E-state index contributed by atoms with van der Waals surface area (Å²) in [6, 6.07) is 16.7. The van der Waals surface area contributed by atoms with E-state index in [0.29, 0.717) is 22.7 Å². The minimum absolute atomic E-state index is 0.0370. The van der Waals surface area contributed by atoms with Crippen molar-refractivity contribution < 1.29 is 19.1 Å². The number of likely N-dealkylation sites (tertiary alicyclic amines) is 1. The summed E-state index contributed by atoms with van der Waals surface area (Å²) in [4.78, 5) is 31.5. The van der Waals surface area contributed by atoms with Gasteiger partial charge in [0.15, 0.2) is 0 Å². The minimum atomic E-state index is -0.847. The Bertz CT molecular complexity index is 1160. The third kappa shape index (κ3) is 4.20. The Balaban J connectivity index is 1.76. The summed E-state index contributed by atoms with van der Waals surface area (Å²) in [6.07, 6.45) is 1.97. The molecule has 156 valence electrons. The highest BCUT2D eigenvalue weighted by Gasteiger charge is 2.46. The van der Waals surface area contributed by atoms with Crippen LogP contribution in [0.25, 0.3) is 5.76 Å². The Morgan fingerprint density at radius 3 is 2.52 bits per heavy atom. The molecule has 1 aromatic heterocycles. The number of ketones is 1. The van der Waals surface area contributed by atoms with E-state index in [0.717, 1.165) is 5.56 Å². The zero-order chi connectivity index (χ0) is 22.0. The molecule has 1 unspecified atom stereocenters. The molecule has 0 spiro atoms. The van der Waals surface area contributed by atoms with Crippen molar-refractivity contribution in [3.63, 3.8) is 0 Å². The average Bonchev–Trinajstić information content (AvgIpc) is 3.03. The number of carbonyl (C=O) groups excluding carboxylic acids is 2. The van der Waals surface area contributed by atoms with E-state index < -0.39 is 17.7 Å². The summed E-state index contributed by atoms with van der Waals surface area (Å²) >= 11 is 6.04. The van der Waals surface area contributed by atoms with Gasteiger partial charge in [0.1, 0.15) is 17.6 Å². The highest BCUT2D eigenvalue weighted by atomic mass is 35.5. The summed E-state index contributed by atoms with van der Waals surface area (Å²) in [5, 5.41) is 11.3. The predicted octanol–water partition coefficient (Wildman–Crippen LogP) is 4.54. The smallest absolute Gasteiger partial charge is 0.295 e. The summed E-state index contributed by atoms with van der Waals surface area (Å²) in [5.74, 6) is -2.16. The van der Waals surface area contributed by atoms with Gasteiger partial charge in [-0.1, -0.05) is 41.9 Å². The molecule has 0 aliphatic carbocycles. The fraction of sp³-hybridized carbons (Fsp3) is 0.125. The van der Waals surface area contributed by atoms with Crippen LogP contribution < -0.4 is 0 Å². The van der Waals surface area contributed by atoms with Crippen molar-refractivity contribution in [2.45, 2.75) is 12.5 Å². The molecule has 2 heterocycles. The van der Waals surface area contributed by atoms with Crippen LogP contribution in [0, 0.1) is 5.82 Å². The van der Waals surface area contributed by atoms with Crippen molar-refractivity contribution in [2.24, 2.45) is 0 Å². The van der Waals surface area contributed by atoms with Crippen LogP contribution in [0.5, 0.6) is 0 Å². The third-order valence-electron chi connectivity index (χ3n) is 5.16. The number of aliphatic hydroxyl groups excluding tert-OH is 1. The van der Waals surface area contributed by atoms with Crippen LogP contribution in [-0.2, 0) is 16.0 Å². The van der Waals surface area contributed by atoms with Crippen LogP contribution in [0.15, 0.2) is 78.5 Å². The van der Waals surface area contributed by atoms with Crippen LogP contribution >= 0.6 is 11.6 Å². The molecule has 1 aliphatic heterocycles. The normalized spacial score (nSPS) is 17.9. The number of halogens is 2. The Morgan fingerprint density at radius 1 is 1.06 bits per heavy atom. The zero-order valence-corrected chi connectivity index (χ0v) is 17.1. The van der Waals surface area contributed by atoms with Gasteiger partial charge in [-0.15, -0.1) is 0 Å². The van der Waals surface area contributed by atoms with E-state index in [1.54, 1.807) is 54.7 Å². The Hall–Kier alpha value is -3.51. The van der Waals surface area contributed by atoms with Crippen LogP contribution in [-0.4, -0.2) is 33.2 Å². The molecule has 1 fully saturated rings. The molecule has 3 aromatic rings. The largest absolute Gasteiger partial charge is 0.507 e. The standard InChI is InChI=1S/C24H18ClFN2O3/c25-17-5-3-4-16(14-17)22(29)20-21(19-6-1-2-12-27-19)28(24(31)23(20)30)13-11-15-7-9-18(26)10-8-15/h1-10,12,14,21,29H,11,13H2/b22-20-. The van der Waals surface area contributed by atoms with Gasteiger partial charge < -0.3 is 10.0 Å². The van der Waals surface area contributed by atoms with Gasteiger partial charge in [0, 0.05) is 23.3 Å². The van der Waals surface area contributed by atoms with Crippen LogP contribution in [0.4, 0.5) is 4.39 Å². The molecule has 0 radical (unpaired) electrons. The van der Waals surface area contributed by atoms with E-state index in [4.69, 9.17) is 11.6 Å². The maximum absolute atomic E-state index is 13.2. The lowest BCUT2D eigenvalue weighted by atomic mass is 9.98. The fourth-order valence-electron chi connectivity index (χ4n) is 3.65. The number of nitrogens with zero attached hydrogens (tertiary/aromatic N) is 2. The SMILES string of the molecule is O=C1C(=O)N(CCc2ccc(F)cc2)C(c2ccccn2)/C1=C(/O)c1cccc(Cl)c1. The van der Waals surface area contributed by atoms with Crippen molar-refractivity contribution in [3.8, 4) is 0 Å². The number of carbonyl (C=O) groups is 2. The second kappa shape index (κ2) is 8.70. The maximum atomic E-state index is 13.2.